The van der Waals surface area contributed by atoms with Gasteiger partial charge >= 0.3 is 0 Å². The van der Waals surface area contributed by atoms with Crippen molar-refractivity contribution in [2.45, 2.75) is 17.9 Å². The number of benzene rings is 2. The minimum atomic E-state index is -3.59. The fourth-order valence-corrected chi connectivity index (χ4v) is 4.14. The van der Waals surface area contributed by atoms with Crippen LogP contribution in [0.4, 0.5) is 5.69 Å². The third-order valence-corrected chi connectivity index (χ3v) is 6.00. The first-order chi connectivity index (χ1) is 13.4. The molecule has 1 heterocycles. The Hall–Kier alpha value is -2.26. The Morgan fingerprint density at radius 2 is 1.86 bits per heavy atom. The lowest BCUT2D eigenvalue weighted by molar-refractivity contribution is -0.114. The number of sulfonamides is 1. The molecule has 1 unspecified atom stereocenters. The maximum atomic E-state index is 12.5. The zero-order valence-corrected chi connectivity index (χ0v) is 16.6. The van der Waals surface area contributed by atoms with E-state index in [1.54, 1.807) is 12.1 Å². The van der Waals surface area contributed by atoms with Crippen LogP contribution in [0.15, 0.2) is 59.5 Å². The second kappa shape index (κ2) is 9.29. The smallest absolute Gasteiger partial charge is 0.240 e. The average molecular weight is 404 g/mol. The van der Waals surface area contributed by atoms with Crippen molar-refractivity contribution in [1.29, 1.82) is 0 Å². The van der Waals surface area contributed by atoms with Gasteiger partial charge in [-0.05, 0) is 29.8 Å². The van der Waals surface area contributed by atoms with E-state index in [1.165, 1.54) is 19.1 Å². The maximum Gasteiger partial charge on any atom is 0.240 e. The van der Waals surface area contributed by atoms with Crippen LogP contribution in [0.25, 0.3) is 0 Å². The van der Waals surface area contributed by atoms with Crippen LogP contribution in [-0.2, 0) is 19.6 Å². The van der Waals surface area contributed by atoms with Crippen molar-refractivity contribution in [3.63, 3.8) is 0 Å². The molecular weight excluding hydrogens is 378 g/mol. The van der Waals surface area contributed by atoms with E-state index >= 15 is 0 Å². The van der Waals surface area contributed by atoms with Gasteiger partial charge in [0.1, 0.15) is 0 Å². The van der Waals surface area contributed by atoms with Crippen molar-refractivity contribution < 1.29 is 17.9 Å². The molecule has 150 valence electrons. The van der Waals surface area contributed by atoms with Gasteiger partial charge in [0.15, 0.2) is 0 Å². The second-order valence-corrected chi connectivity index (χ2v) is 8.44. The van der Waals surface area contributed by atoms with E-state index in [0.29, 0.717) is 25.4 Å². The molecule has 1 aliphatic rings. The Labute approximate surface area is 165 Å². The number of nitrogens with zero attached hydrogens (tertiary/aromatic N) is 1. The normalized spacial score (nSPS) is 18.0. The van der Waals surface area contributed by atoms with Gasteiger partial charge in [0.05, 0.1) is 17.6 Å². The van der Waals surface area contributed by atoms with Gasteiger partial charge in [-0.3, -0.25) is 9.69 Å². The number of hydrogen-bond acceptors (Lipinski definition) is 5. The van der Waals surface area contributed by atoms with Gasteiger partial charge in [-0.1, -0.05) is 30.3 Å². The molecule has 7 nitrogen and oxygen atoms in total. The predicted molar refractivity (Wildman–Crippen MR) is 108 cm³/mol. The molecule has 2 aromatic carbocycles. The molecule has 0 radical (unpaired) electrons. The second-order valence-electron chi connectivity index (χ2n) is 6.67. The summed E-state index contributed by atoms with van der Waals surface area (Å²) in [6.07, 6.45) is 0.00729. The summed E-state index contributed by atoms with van der Waals surface area (Å²) in [6.45, 7) is 4.46. The van der Waals surface area contributed by atoms with Crippen molar-refractivity contribution in [2.24, 2.45) is 0 Å². The number of rotatable bonds is 7. The number of ether oxygens (including phenoxy) is 1. The fourth-order valence-electron chi connectivity index (χ4n) is 3.12. The quantitative estimate of drug-likeness (QED) is 0.738. The summed E-state index contributed by atoms with van der Waals surface area (Å²) < 4.78 is 33.4. The maximum absolute atomic E-state index is 12.5. The Kier molecular flexibility index (Phi) is 6.79. The van der Waals surface area contributed by atoms with E-state index < -0.39 is 10.0 Å². The van der Waals surface area contributed by atoms with Crippen LogP contribution in [0.1, 0.15) is 18.6 Å². The van der Waals surface area contributed by atoms with Crippen molar-refractivity contribution in [2.75, 3.05) is 38.1 Å². The highest BCUT2D eigenvalue weighted by Crippen LogP contribution is 2.21. The number of nitrogens with one attached hydrogen (secondary N) is 2. The molecule has 28 heavy (non-hydrogen) atoms. The van der Waals surface area contributed by atoms with Crippen molar-refractivity contribution in [1.82, 2.24) is 9.62 Å². The number of carbonyl (C=O) groups excluding carboxylic acids is 1. The largest absolute Gasteiger partial charge is 0.371 e. The topological polar surface area (TPSA) is 87.7 Å². The van der Waals surface area contributed by atoms with Gasteiger partial charge in [0.2, 0.25) is 15.9 Å². The van der Waals surface area contributed by atoms with Gasteiger partial charge in [0, 0.05) is 38.8 Å². The first kappa shape index (κ1) is 20.5. The van der Waals surface area contributed by atoms with Crippen molar-refractivity contribution in [3.8, 4) is 0 Å². The summed E-state index contributed by atoms with van der Waals surface area (Å²) in [4.78, 5) is 13.4. The van der Waals surface area contributed by atoms with Crippen LogP contribution in [0.2, 0.25) is 0 Å². The average Bonchev–Trinajstić information content (AvgIpc) is 2.69. The van der Waals surface area contributed by atoms with Gasteiger partial charge in [-0.15, -0.1) is 0 Å². The summed E-state index contributed by atoms with van der Waals surface area (Å²) >= 11 is 0. The fraction of sp³-hybridized carbons (Fsp3) is 0.350. The lowest BCUT2D eigenvalue weighted by Gasteiger charge is -2.33. The van der Waals surface area contributed by atoms with Crippen molar-refractivity contribution >= 4 is 21.6 Å². The summed E-state index contributed by atoms with van der Waals surface area (Å²) in [6, 6.07) is 16.1. The lowest BCUT2D eigenvalue weighted by atomic mass is 10.1. The third-order valence-electron chi connectivity index (χ3n) is 4.53. The van der Waals surface area contributed by atoms with Gasteiger partial charge in [0.25, 0.3) is 0 Å². The number of amides is 1. The summed E-state index contributed by atoms with van der Waals surface area (Å²) in [5.41, 5.74) is 1.69. The SMILES string of the molecule is CC(=O)Nc1ccc(S(=O)(=O)NCCN2CCOC(c3ccccc3)C2)cc1. The molecule has 1 aliphatic heterocycles. The molecule has 0 bridgehead atoms. The Balaban J connectivity index is 1.51. The first-order valence-electron chi connectivity index (χ1n) is 9.20. The number of anilines is 1. The van der Waals surface area contributed by atoms with Crippen LogP contribution in [-0.4, -0.2) is 52.0 Å². The number of morpholine rings is 1. The third kappa shape index (κ3) is 5.62. The van der Waals surface area contributed by atoms with E-state index in [-0.39, 0.29) is 16.9 Å². The highest BCUT2D eigenvalue weighted by atomic mass is 32.2. The highest BCUT2D eigenvalue weighted by Gasteiger charge is 2.22. The number of hydrogen-bond donors (Lipinski definition) is 2. The Morgan fingerprint density at radius 1 is 1.14 bits per heavy atom. The number of carbonyl (C=O) groups is 1. The molecule has 1 fully saturated rings. The summed E-state index contributed by atoms with van der Waals surface area (Å²) in [5, 5.41) is 2.61. The van der Waals surface area contributed by atoms with E-state index in [1.807, 2.05) is 30.3 Å². The molecule has 1 atom stereocenters. The molecule has 0 spiro atoms. The summed E-state index contributed by atoms with van der Waals surface area (Å²) in [5.74, 6) is -0.201. The summed E-state index contributed by atoms with van der Waals surface area (Å²) in [7, 11) is -3.59. The zero-order valence-electron chi connectivity index (χ0n) is 15.8. The van der Waals surface area contributed by atoms with Crippen molar-refractivity contribution in [3.05, 3.63) is 60.2 Å². The monoisotopic (exact) mass is 403 g/mol. The predicted octanol–water partition coefficient (Wildman–Crippen LogP) is 2.00. The van der Waals surface area contributed by atoms with Gasteiger partial charge in [-0.25, -0.2) is 13.1 Å². The minimum Gasteiger partial charge on any atom is -0.371 e. The first-order valence-corrected chi connectivity index (χ1v) is 10.7. The molecule has 0 aromatic heterocycles. The molecule has 0 aliphatic carbocycles. The molecule has 2 N–H and O–H groups in total. The van der Waals surface area contributed by atoms with Gasteiger partial charge in [-0.2, -0.15) is 0 Å². The van der Waals surface area contributed by atoms with Crippen LogP contribution >= 0.6 is 0 Å². The molecule has 2 aromatic rings. The van der Waals surface area contributed by atoms with E-state index in [0.717, 1.165) is 18.7 Å². The molecule has 1 amide bonds. The molecule has 1 saturated heterocycles. The highest BCUT2D eigenvalue weighted by molar-refractivity contribution is 7.89. The zero-order chi connectivity index (χ0) is 20.0. The lowest BCUT2D eigenvalue weighted by Crippen LogP contribution is -2.42. The van der Waals surface area contributed by atoms with Crippen LogP contribution in [0.3, 0.4) is 0 Å². The van der Waals surface area contributed by atoms with E-state index in [4.69, 9.17) is 4.74 Å². The van der Waals surface area contributed by atoms with Crippen LogP contribution in [0.5, 0.6) is 0 Å². The molecular formula is C20H25N3O4S. The standard InChI is InChI=1S/C20H25N3O4S/c1-16(24)22-18-7-9-19(10-8-18)28(25,26)21-11-12-23-13-14-27-20(15-23)17-5-3-2-4-6-17/h2-10,20-21H,11-15H2,1H3,(H,22,24). The molecule has 8 heteroatoms. The van der Waals surface area contributed by atoms with E-state index in [2.05, 4.69) is 14.9 Å². The minimum absolute atomic E-state index is 0.00729. The van der Waals surface area contributed by atoms with Gasteiger partial charge < -0.3 is 10.1 Å². The van der Waals surface area contributed by atoms with E-state index in [9.17, 15) is 13.2 Å². The Morgan fingerprint density at radius 3 is 2.54 bits per heavy atom. The molecule has 0 saturated carbocycles. The Bertz CT molecular complexity index is 885. The van der Waals surface area contributed by atoms with Crippen LogP contribution < -0.4 is 10.0 Å². The molecule has 3 rings (SSSR count). The van der Waals surface area contributed by atoms with Crippen LogP contribution in [0, 0.1) is 0 Å².